The molecular weight excluding hydrogens is 291 g/mol. The lowest BCUT2D eigenvalue weighted by Crippen LogP contribution is -2.45. The molecule has 0 saturated carbocycles. The molecule has 1 aliphatic rings. The van der Waals surface area contributed by atoms with E-state index in [0.717, 1.165) is 0 Å². The van der Waals surface area contributed by atoms with Crippen LogP contribution in [0, 0.1) is 4.91 Å². The number of nitrogens with zero attached hydrogens (tertiary/aromatic N) is 1. The standard InChI is InChI=1S/C11H11BF2NO6/c13-8(14)5-20-7-2-1-6-3-4-12(17,18)21-10(6)9(7)11(16)15-19/h1-2,8,17-18H,3-5H2/q-1. The number of ether oxygens (including phenoxy) is 1. The van der Waals surface area contributed by atoms with E-state index in [1.165, 1.54) is 12.1 Å². The number of alkyl halides is 2. The van der Waals surface area contributed by atoms with E-state index in [1.807, 2.05) is 0 Å². The molecule has 1 heterocycles. The van der Waals surface area contributed by atoms with Crippen LogP contribution in [0.5, 0.6) is 11.5 Å². The van der Waals surface area contributed by atoms with Crippen LogP contribution in [-0.4, -0.2) is 35.7 Å². The van der Waals surface area contributed by atoms with Crippen LogP contribution in [0.25, 0.3) is 0 Å². The molecule has 114 valence electrons. The first-order valence-corrected chi connectivity index (χ1v) is 6.08. The van der Waals surface area contributed by atoms with Crippen molar-refractivity contribution in [3.63, 3.8) is 0 Å². The van der Waals surface area contributed by atoms with Crippen molar-refractivity contribution in [2.24, 2.45) is 5.18 Å². The Labute approximate surface area is 117 Å². The van der Waals surface area contributed by atoms with Crippen molar-refractivity contribution in [1.82, 2.24) is 0 Å². The highest BCUT2D eigenvalue weighted by atomic mass is 19.3. The van der Waals surface area contributed by atoms with E-state index in [0.29, 0.717) is 5.56 Å². The van der Waals surface area contributed by atoms with Crippen molar-refractivity contribution >= 4 is 12.7 Å². The monoisotopic (exact) mass is 302 g/mol. The van der Waals surface area contributed by atoms with Gasteiger partial charge in [0, 0.05) is 5.18 Å². The fraction of sp³-hybridized carbons (Fsp3) is 0.364. The SMILES string of the molecule is O=NC(=O)c1c(OCC(F)F)ccc2c1O[B-](O)(O)CC2. The minimum atomic E-state index is -3.19. The van der Waals surface area contributed by atoms with E-state index in [9.17, 15) is 28.5 Å². The van der Waals surface area contributed by atoms with Gasteiger partial charge in [0.1, 0.15) is 17.9 Å². The zero-order valence-electron chi connectivity index (χ0n) is 10.7. The second-order valence-electron chi connectivity index (χ2n) is 4.54. The minimum Gasteiger partial charge on any atom is -0.669 e. The van der Waals surface area contributed by atoms with Crippen molar-refractivity contribution in [3.05, 3.63) is 28.2 Å². The number of rotatable bonds is 4. The smallest absolute Gasteiger partial charge is 0.430 e. The van der Waals surface area contributed by atoms with E-state index in [-0.39, 0.29) is 24.2 Å². The highest BCUT2D eigenvalue weighted by molar-refractivity contribution is 6.59. The van der Waals surface area contributed by atoms with Crippen molar-refractivity contribution in [1.29, 1.82) is 0 Å². The zero-order valence-corrected chi connectivity index (χ0v) is 10.7. The van der Waals surface area contributed by atoms with E-state index < -0.39 is 31.3 Å². The first kappa shape index (κ1) is 15.3. The van der Waals surface area contributed by atoms with Gasteiger partial charge in [0.15, 0.2) is 0 Å². The van der Waals surface area contributed by atoms with E-state index >= 15 is 0 Å². The Kier molecular flexibility index (Phi) is 4.19. The predicted octanol–water partition coefficient (Wildman–Crippen LogP) is 1.10. The summed E-state index contributed by atoms with van der Waals surface area (Å²) in [5.74, 6) is -1.90. The Hall–Kier alpha value is -2.07. The summed E-state index contributed by atoms with van der Waals surface area (Å²) in [6, 6.07) is 2.67. The summed E-state index contributed by atoms with van der Waals surface area (Å²) in [6.07, 6.45) is -2.70. The van der Waals surface area contributed by atoms with Gasteiger partial charge in [0.2, 0.25) is 0 Å². The number of hydrogen-bond acceptors (Lipinski definition) is 6. The third kappa shape index (κ3) is 3.34. The number of aryl methyl sites for hydroxylation is 1. The molecule has 0 saturated heterocycles. The molecule has 7 nitrogen and oxygen atoms in total. The molecule has 0 aromatic heterocycles. The van der Waals surface area contributed by atoms with Gasteiger partial charge in [-0.3, -0.25) is 4.79 Å². The second-order valence-corrected chi connectivity index (χ2v) is 4.54. The van der Waals surface area contributed by atoms with Crippen molar-refractivity contribution < 1.29 is 33.0 Å². The largest absolute Gasteiger partial charge is 0.669 e. The Bertz CT molecular complexity index is 580. The maximum atomic E-state index is 12.2. The van der Waals surface area contributed by atoms with Gasteiger partial charge >= 0.3 is 12.7 Å². The molecule has 0 aliphatic carbocycles. The molecule has 1 aromatic carbocycles. The summed E-state index contributed by atoms with van der Waals surface area (Å²) < 4.78 is 34.0. The molecule has 0 bridgehead atoms. The average molecular weight is 302 g/mol. The highest BCUT2D eigenvalue weighted by Crippen LogP contribution is 2.38. The fourth-order valence-corrected chi connectivity index (χ4v) is 2.05. The molecule has 1 amide bonds. The molecule has 0 unspecified atom stereocenters. The van der Waals surface area contributed by atoms with E-state index in [1.54, 1.807) is 0 Å². The third-order valence-electron chi connectivity index (χ3n) is 2.96. The fourth-order valence-electron chi connectivity index (χ4n) is 2.05. The third-order valence-corrected chi connectivity index (χ3v) is 2.96. The van der Waals surface area contributed by atoms with Gasteiger partial charge < -0.3 is 19.4 Å². The first-order chi connectivity index (χ1) is 9.84. The van der Waals surface area contributed by atoms with Gasteiger partial charge in [-0.05, 0) is 18.1 Å². The lowest BCUT2D eigenvalue weighted by atomic mass is 9.70. The average Bonchev–Trinajstić information content (AvgIpc) is 2.42. The quantitative estimate of drug-likeness (QED) is 0.637. The highest BCUT2D eigenvalue weighted by Gasteiger charge is 2.33. The molecule has 1 aromatic rings. The van der Waals surface area contributed by atoms with Crippen molar-refractivity contribution in [3.8, 4) is 11.5 Å². The predicted molar refractivity (Wildman–Crippen MR) is 67.4 cm³/mol. The molecule has 1 aliphatic heterocycles. The summed E-state index contributed by atoms with van der Waals surface area (Å²) in [6.45, 7) is -4.18. The van der Waals surface area contributed by atoms with Crippen LogP contribution in [0.4, 0.5) is 8.78 Å². The van der Waals surface area contributed by atoms with Gasteiger partial charge in [0.25, 0.3) is 6.43 Å². The summed E-state index contributed by atoms with van der Waals surface area (Å²) in [4.78, 5) is 22.0. The van der Waals surface area contributed by atoms with Gasteiger partial charge in [0.05, 0.1) is 5.75 Å². The first-order valence-electron chi connectivity index (χ1n) is 6.08. The molecule has 21 heavy (non-hydrogen) atoms. The number of halogens is 2. The van der Waals surface area contributed by atoms with Crippen LogP contribution < -0.4 is 9.39 Å². The minimum absolute atomic E-state index is 0.0909. The van der Waals surface area contributed by atoms with Crippen LogP contribution in [0.3, 0.4) is 0 Å². The Morgan fingerprint density at radius 2 is 2.19 bits per heavy atom. The van der Waals surface area contributed by atoms with Crippen LogP contribution >= 0.6 is 0 Å². The molecule has 2 N–H and O–H groups in total. The molecule has 0 radical (unpaired) electrons. The normalized spacial score (nSPS) is 16.0. The molecule has 0 spiro atoms. The summed E-state index contributed by atoms with van der Waals surface area (Å²) in [7, 11) is 0. The van der Waals surface area contributed by atoms with E-state index in [4.69, 9.17) is 9.39 Å². The topological polar surface area (TPSA) is 105 Å². The van der Waals surface area contributed by atoms with Crippen LogP contribution in [0.15, 0.2) is 17.3 Å². The van der Waals surface area contributed by atoms with E-state index in [2.05, 4.69) is 5.18 Å². The van der Waals surface area contributed by atoms with Gasteiger partial charge in [-0.2, -0.15) is 0 Å². The Morgan fingerprint density at radius 1 is 1.48 bits per heavy atom. The maximum Gasteiger partial charge on any atom is 0.430 e. The van der Waals surface area contributed by atoms with Crippen LogP contribution in [-0.2, 0) is 6.42 Å². The van der Waals surface area contributed by atoms with Gasteiger partial charge in [-0.25, -0.2) is 8.78 Å². The Balaban J connectivity index is 2.48. The number of fused-ring (bicyclic) bond motifs is 1. The summed E-state index contributed by atoms with van der Waals surface area (Å²) in [5, 5.41) is 21.3. The lowest BCUT2D eigenvalue weighted by molar-refractivity contribution is 0.0798. The summed E-state index contributed by atoms with van der Waals surface area (Å²) >= 11 is 0. The van der Waals surface area contributed by atoms with Gasteiger partial charge in [-0.15, -0.1) is 4.91 Å². The molecule has 0 atom stereocenters. The number of benzene rings is 1. The maximum absolute atomic E-state index is 12.2. The number of nitroso groups, excluding NO2 is 1. The molecule has 0 fully saturated rings. The Morgan fingerprint density at radius 3 is 2.81 bits per heavy atom. The molecule has 10 heteroatoms. The molecule has 2 rings (SSSR count). The summed E-state index contributed by atoms with van der Waals surface area (Å²) in [5.41, 5.74) is -0.0656. The zero-order chi connectivity index (χ0) is 15.6. The van der Waals surface area contributed by atoms with Crippen molar-refractivity contribution in [2.75, 3.05) is 6.61 Å². The second kappa shape index (κ2) is 5.74. The number of carbonyl (C=O) groups excluding carboxylic acids is 1. The lowest BCUT2D eigenvalue weighted by Gasteiger charge is -2.37. The number of amides is 1. The van der Waals surface area contributed by atoms with Crippen molar-refractivity contribution in [2.45, 2.75) is 19.2 Å². The number of carbonyl (C=O) groups is 1. The van der Waals surface area contributed by atoms with Gasteiger partial charge in [-0.1, -0.05) is 12.4 Å². The number of hydrogen-bond donors (Lipinski definition) is 2. The van der Waals surface area contributed by atoms with Crippen LogP contribution in [0.1, 0.15) is 15.9 Å². The van der Waals surface area contributed by atoms with Crippen LogP contribution in [0.2, 0.25) is 6.32 Å². The molecular formula is C11H11BF2NO6-.